The van der Waals surface area contributed by atoms with Crippen LogP contribution in [0.5, 0.6) is 0 Å². The molecule has 3 rings (SSSR count). The van der Waals surface area contributed by atoms with Gasteiger partial charge in [-0.1, -0.05) is 17.7 Å². The van der Waals surface area contributed by atoms with Crippen molar-refractivity contribution >= 4 is 23.2 Å². The van der Waals surface area contributed by atoms with Gasteiger partial charge in [-0.2, -0.15) is 5.10 Å². The molecule has 1 aromatic carbocycles. The van der Waals surface area contributed by atoms with Gasteiger partial charge in [0.2, 0.25) is 5.91 Å². The van der Waals surface area contributed by atoms with Gasteiger partial charge in [0.05, 0.1) is 5.69 Å². The molecule has 24 heavy (non-hydrogen) atoms. The molecule has 2 aliphatic rings. The summed E-state index contributed by atoms with van der Waals surface area (Å²) in [7, 11) is 0. The fourth-order valence-corrected chi connectivity index (χ4v) is 3.57. The minimum absolute atomic E-state index is 0.0145. The molecule has 0 bridgehead atoms. The van der Waals surface area contributed by atoms with Crippen LogP contribution in [-0.4, -0.2) is 34.5 Å². The highest BCUT2D eigenvalue weighted by atomic mass is 16.2. The number of piperidine rings is 1. The van der Waals surface area contributed by atoms with Gasteiger partial charge in [0.15, 0.2) is 0 Å². The highest BCUT2D eigenvalue weighted by Crippen LogP contribution is 2.26. The predicted octanol–water partition coefficient (Wildman–Crippen LogP) is 3.27. The number of carbonyl (C=O) groups excluding carboxylic acids is 2. The summed E-state index contributed by atoms with van der Waals surface area (Å²) < 4.78 is 0. The van der Waals surface area contributed by atoms with E-state index in [1.165, 1.54) is 5.01 Å². The molecule has 0 aliphatic carbocycles. The van der Waals surface area contributed by atoms with Crippen LogP contribution < -0.4 is 5.01 Å². The Kier molecular flexibility index (Phi) is 4.69. The second kappa shape index (κ2) is 6.75. The Hall–Kier alpha value is -2.17. The number of aryl methyl sites for hydroxylation is 1. The molecular weight excluding hydrogens is 302 g/mol. The average molecular weight is 327 g/mol. The van der Waals surface area contributed by atoms with Crippen LogP contribution in [0.15, 0.2) is 29.4 Å². The normalized spacial score (nSPS) is 24.8. The van der Waals surface area contributed by atoms with Gasteiger partial charge < -0.3 is 4.90 Å². The zero-order chi connectivity index (χ0) is 17.3. The maximum absolute atomic E-state index is 13.0. The fourth-order valence-electron chi connectivity index (χ4n) is 3.57. The number of hydrogen-bond acceptors (Lipinski definition) is 3. The summed E-state index contributed by atoms with van der Waals surface area (Å²) in [5.41, 5.74) is 2.34. The van der Waals surface area contributed by atoms with Crippen LogP contribution in [-0.2, 0) is 9.59 Å². The molecule has 5 heteroatoms. The predicted molar refractivity (Wildman–Crippen MR) is 95.0 cm³/mol. The van der Waals surface area contributed by atoms with Crippen LogP contribution >= 0.6 is 0 Å². The summed E-state index contributed by atoms with van der Waals surface area (Å²) in [5.74, 6) is -0.0746. The van der Waals surface area contributed by atoms with Crippen molar-refractivity contribution in [2.75, 3.05) is 5.01 Å². The molecular formula is C19H25N3O2. The molecule has 1 fully saturated rings. The van der Waals surface area contributed by atoms with Crippen molar-refractivity contribution in [1.29, 1.82) is 0 Å². The van der Waals surface area contributed by atoms with Gasteiger partial charge in [-0.05, 0) is 52.2 Å². The molecule has 0 saturated carbocycles. The number of carbonyl (C=O) groups is 2. The molecule has 5 nitrogen and oxygen atoms in total. The number of amides is 2. The maximum Gasteiger partial charge on any atom is 0.270 e. The lowest BCUT2D eigenvalue weighted by atomic mass is 9.96. The first-order valence-electron chi connectivity index (χ1n) is 8.77. The third-order valence-electron chi connectivity index (χ3n) is 4.99. The third-order valence-corrected chi connectivity index (χ3v) is 4.99. The van der Waals surface area contributed by atoms with Gasteiger partial charge in [-0.25, -0.2) is 5.01 Å². The van der Waals surface area contributed by atoms with Gasteiger partial charge in [0.1, 0.15) is 5.71 Å². The zero-order valence-electron chi connectivity index (χ0n) is 14.7. The van der Waals surface area contributed by atoms with Gasteiger partial charge in [0.25, 0.3) is 5.91 Å². The highest BCUT2D eigenvalue weighted by Gasteiger charge is 2.34. The van der Waals surface area contributed by atoms with Crippen molar-refractivity contribution in [3.8, 4) is 0 Å². The van der Waals surface area contributed by atoms with Gasteiger partial charge in [-0.15, -0.1) is 0 Å². The van der Waals surface area contributed by atoms with E-state index in [1.807, 2.05) is 36.1 Å². The topological polar surface area (TPSA) is 53.0 Å². The van der Waals surface area contributed by atoms with Crippen molar-refractivity contribution in [3.05, 3.63) is 29.8 Å². The van der Waals surface area contributed by atoms with Crippen LogP contribution in [0.25, 0.3) is 0 Å². The number of hydrazone groups is 1. The summed E-state index contributed by atoms with van der Waals surface area (Å²) >= 11 is 0. The molecule has 2 atom stereocenters. The minimum atomic E-state index is -0.0601. The van der Waals surface area contributed by atoms with E-state index in [2.05, 4.69) is 18.9 Å². The first-order valence-corrected chi connectivity index (χ1v) is 8.77. The quantitative estimate of drug-likeness (QED) is 0.837. The molecule has 0 aromatic heterocycles. The second-order valence-corrected chi connectivity index (χ2v) is 6.93. The standard InChI is InChI=1S/C19H25N3O2/c1-13-7-9-16(10-8-13)22-18(23)12-11-17(20-22)19(24)21-14(2)5-4-6-15(21)3/h7-10,14-15H,4-6,11-12H2,1-3H3/t14-,15-/m1/s1. The van der Waals surface area contributed by atoms with Gasteiger partial charge in [-0.3, -0.25) is 9.59 Å². The maximum atomic E-state index is 13.0. The fraction of sp³-hybridized carbons (Fsp3) is 0.526. The molecule has 128 valence electrons. The molecule has 1 saturated heterocycles. The lowest BCUT2D eigenvalue weighted by Gasteiger charge is -2.39. The number of hydrogen-bond donors (Lipinski definition) is 0. The smallest absolute Gasteiger partial charge is 0.270 e. The Balaban J connectivity index is 1.87. The minimum Gasteiger partial charge on any atom is -0.332 e. The summed E-state index contributed by atoms with van der Waals surface area (Å²) in [6, 6.07) is 8.10. The van der Waals surface area contributed by atoms with E-state index >= 15 is 0 Å². The van der Waals surface area contributed by atoms with E-state index in [1.54, 1.807) is 0 Å². The lowest BCUT2D eigenvalue weighted by molar-refractivity contribution is -0.130. The summed E-state index contributed by atoms with van der Waals surface area (Å²) in [6.45, 7) is 6.19. The largest absolute Gasteiger partial charge is 0.332 e. The first kappa shape index (κ1) is 16.7. The van der Waals surface area contributed by atoms with Crippen molar-refractivity contribution in [1.82, 2.24) is 4.90 Å². The number of anilines is 1. The van der Waals surface area contributed by atoms with Crippen molar-refractivity contribution in [3.63, 3.8) is 0 Å². The molecule has 1 aromatic rings. The summed E-state index contributed by atoms with van der Waals surface area (Å²) in [5, 5.41) is 5.80. The number of benzene rings is 1. The van der Waals surface area contributed by atoms with Crippen molar-refractivity contribution < 1.29 is 9.59 Å². The van der Waals surface area contributed by atoms with Crippen LogP contribution in [0.2, 0.25) is 0 Å². The van der Waals surface area contributed by atoms with Crippen LogP contribution in [0.1, 0.15) is 51.5 Å². The van der Waals surface area contributed by atoms with Gasteiger partial charge >= 0.3 is 0 Å². The van der Waals surface area contributed by atoms with Gasteiger partial charge in [0, 0.05) is 24.9 Å². The number of likely N-dealkylation sites (tertiary alicyclic amines) is 1. The number of nitrogens with zero attached hydrogens (tertiary/aromatic N) is 3. The van der Waals surface area contributed by atoms with E-state index in [-0.39, 0.29) is 23.9 Å². The van der Waals surface area contributed by atoms with E-state index in [0.717, 1.165) is 30.5 Å². The Morgan fingerprint density at radius 3 is 2.33 bits per heavy atom. The van der Waals surface area contributed by atoms with E-state index in [4.69, 9.17) is 0 Å². The molecule has 2 amide bonds. The monoisotopic (exact) mass is 327 g/mol. The Bertz CT molecular complexity index is 656. The van der Waals surface area contributed by atoms with E-state index in [9.17, 15) is 9.59 Å². The summed E-state index contributed by atoms with van der Waals surface area (Å²) in [6.07, 6.45) is 3.98. The third kappa shape index (κ3) is 3.21. The Morgan fingerprint density at radius 1 is 1.08 bits per heavy atom. The average Bonchev–Trinajstić information content (AvgIpc) is 2.56. The van der Waals surface area contributed by atoms with Crippen LogP contribution in [0, 0.1) is 6.92 Å². The molecule has 0 spiro atoms. The number of rotatable bonds is 2. The van der Waals surface area contributed by atoms with Crippen LogP contribution in [0.3, 0.4) is 0 Å². The first-order chi connectivity index (χ1) is 11.5. The molecule has 0 unspecified atom stereocenters. The van der Waals surface area contributed by atoms with Crippen LogP contribution in [0.4, 0.5) is 5.69 Å². The second-order valence-electron chi connectivity index (χ2n) is 6.93. The molecule has 0 N–H and O–H groups in total. The van der Waals surface area contributed by atoms with E-state index < -0.39 is 0 Å². The molecule has 2 heterocycles. The SMILES string of the molecule is Cc1ccc(N2N=C(C(=O)N3[C@H](C)CCC[C@H]3C)CCC2=O)cc1. The molecule has 0 radical (unpaired) electrons. The van der Waals surface area contributed by atoms with Crippen molar-refractivity contribution in [2.45, 2.75) is 65.0 Å². The Morgan fingerprint density at radius 2 is 1.71 bits per heavy atom. The molecule has 2 aliphatic heterocycles. The Labute approximate surface area is 143 Å². The van der Waals surface area contributed by atoms with Crippen molar-refractivity contribution in [2.24, 2.45) is 5.10 Å². The summed E-state index contributed by atoms with van der Waals surface area (Å²) in [4.78, 5) is 27.2. The lowest BCUT2D eigenvalue weighted by Crippen LogP contribution is -2.51. The van der Waals surface area contributed by atoms with E-state index in [0.29, 0.717) is 18.6 Å². The zero-order valence-corrected chi connectivity index (χ0v) is 14.7. The highest BCUT2D eigenvalue weighted by molar-refractivity contribution is 6.40.